The molecule has 1 aromatic rings. The van der Waals surface area contributed by atoms with Gasteiger partial charge < -0.3 is 16.2 Å². The first-order valence-corrected chi connectivity index (χ1v) is 6.49. The average Bonchev–Trinajstić information content (AvgIpc) is 2.39. The van der Waals surface area contributed by atoms with Crippen molar-refractivity contribution in [2.75, 3.05) is 6.54 Å². The molecule has 0 saturated carbocycles. The summed E-state index contributed by atoms with van der Waals surface area (Å²) in [4.78, 5) is 11.5. The molecular formula is C13H18ClFN2O2. The molecule has 0 saturated heterocycles. The van der Waals surface area contributed by atoms with E-state index in [1.54, 1.807) is 0 Å². The first-order valence-electron chi connectivity index (χ1n) is 6.12. The van der Waals surface area contributed by atoms with Crippen molar-refractivity contribution in [3.63, 3.8) is 0 Å². The summed E-state index contributed by atoms with van der Waals surface area (Å²) in [5, 5.41) is 12.4. The summed E-state index contributed by atoms with van der Waals surface area (Å²) in [6.45, 7) is 1.91. The Labute approximate surface area is 116 Å². The molecule has 0 radical (unpaired) electrons. The van der Waals surface area contributed by atoms with E-state index in [1.165, 1.54) is 12.1 Å². The molecule has 0 aliphatic heterocycles. The van der Waals surface area contributed by atoms with E-state index in [0.29, 0.717) is 12.0 Å². The highest BCUT2D eigenvalue weighted by atomic mass is 35.5. The maximum absolute atomic E-state index is 13.2. The maximum atomic E-state index is 13.2. The summed E-state index contributed by atoms with van der Waals surface area (Å²) in [5.74, 6) is -0.928. The Morgan fingerprint density at radius 1 is 1.58 bits per heavy atom. The predicted octanol–water partition coefficient (Wildman–Crippen LogP) is 1.76. The molecular weight excluding hydrogens is 271 g/mol. The standard InChI is InChI=1S/C13H18ClFN2O2/c1-2-3-11(16)13(19)17-7-12(18)8-4-5-9(14)10(15)6-8/h4-6,11-12,18H,2-3,7,16H2,1H3,(H,17,19). The van der Waals surface area contributed by atoms with Crippen molar-refractivity contribution in [3.05, 3.63) is 34.6 Å². The highest BCUT2D eigenvalue weighted by Crippen LogP contribution is 2.19. The van der Waals surface area contributed by atoms with Crippen molar-refractivity contribution in [2.24, 2.45) is 5.73 Å². The minimum absolute atomic E-state index is 0.00930. The van der Waals surface area contributed by atoms with E-state index in [9.17, 15) is 14.3 Å². The molecule has 106 valence electrons. The molecule has 4 N–H and O–H groups in total. The summed E-state index contributed by atoms with van der Waals surface area (Å²) in [7, 11) is 0. The summed E-state index contributed by atoms with van der Waals surface area (Å²) in [6, 6.07) is 3.43. The molecule has 0 aliphatic carbocycles. The van der Waals surface area contributed by atoms with E-state index >= 15 is 0 Å². The third-order valence-corrected chi connectivity index (χ3v) is 3.04. The molecule has 0 bridgehead atoms. The molecule has 19 heavy (non-hydrogen) atoms. The molecule has 0 heterocycles. The third kappa shape index (κ3) is 4.78. The van der Waals surface area contributed by atoms with Crippen LogP contribution >= 0.6 is 11.6 Å². The van der Waals surface area contributed by atoms with Crippen molar-refractivity contribution in [3.8, 4) is 0 Å². The Morgan fingerprint density at radius 3 is 2.84 bits per heavy atom. The van der Waals surface area contributed by atoms with Crippen LogP contribution in [-0.2, 0) is 4.79 Å². The number of carbonyl (C=O) groups excluding carboxylic acids is 1. The van der Waals surface area contributed by atoms with Crippen LogP contribution in [0.15, 0.2) is 18.2 Å². The van der Waals surface area contributed by atoms with Gasteiger partial charge in [0.15, 0.2) is 0 Å². The van der Waals surface area contributed by atoms with Gasteiger partial charge in [-0.15, -0.1) is 0 Å². The molecule has 0 aliphatic rings. The van der Waals surface area contributed by atoms with E-state index < -0.39 is 18.0 Å². The summed E-state index contributed by atoms with van der Waals surface area (Å²) >= 11 is 5.55. The number of aliphatic hydroxyl groups excluding tert-OH is 1. The SMILES string of the molecule is CCCC(N)C(=O)NCC(O)c1ccc(Cl)c(F)c1. The van der Waals surface area contributed by atoms with Gasteiger partial charge in [-0.3, -0.25) is 4.79 Å². The summed E-state index contributed by atoms with van der Waals surface area (Å²) in [6.07, 6.45) is 0.390. The lowest BCUT2D eigenvalue weighted by Crippen LogP contribution is -2.42. The Morgan fingerprint density at radius 2 is 2.26 bits per heavy atom. The van der Waals surface area contributed by atoms with Crippen LogP contribution in [0, 0.1) is 5.82 Å². The quantitative estimate of drug-likeness (QED) is 0.746. The number of nitrogens with two attached hydrogens (primary N) is 1. The molecule has 0 aromatic heterocycles. The molecule has 2 unspecified atom stereocenters. The van der Waals surface area contributed by atoms with Crippen LogP contribution < -0.4 is 11.1 Å². The van der Waals surface area contributed by atoms with E-state index in [4.69, 9.17) is 17.3 Å². The van der Waals surface area contributed by atoms with Gasteiger partial charge in [0.25, 0.3) is 0 Å². The van der Waals surface area contributed by atoms with E-state index in [2.05, 4.69) is 5.32 Å². The zero-order valence-electron chi connectivity index (χ0n) is 10.7. The lowest BCUT2D eigenvalue weighted by molar-refractivity contribution is -0.123. The molecule has 1 amide bonds. The highest BCUT2D eigenvalue weighted by molar-refractivity contribution is 6.30. The number of halogens is 2. The largest absolute Gasteiger partial charge is 0.387 e. The Bertz CT molecular complexity index is 443. The van der Waals surface area contributed by atoms with Crippen LogP contribution in [-0.4, -0.2) is 23.6 Å². The Kier molecular flexibility index (Phi) is 6.21. The predicted molar refractivity (Wildman–Crippen MR) is 72.3 cm³/mol. The fourth-order valence-electron chi connectivity index (χ4n) is 1.61. The minimum atomic E-state index is -0.996. The number of aliphatic hydroxyl groups is 1. The van der Waals surface area contributed by atoms with Gasteiger partial charge in [-0.25, -0.2) is 4.39 Å². The van der Waals surface area contributed by atoms with E-state index in [-0.39, 0.29) is 17.5 Å². The molecule has 4 nitrogen and oxygen atoms in total. The average molecular weight is 289 g/mol. The van der Waals surface area contributed by atoms with Gasteiger partial charge >= 0.3 is 0 Å². The molecule has 6 heteroatoms. The van der Waals surface area contributed by atoms with Crippen LogP contribution in [0.3, 0.4) is 0 Å². The molecule has 2 atom stereocenters. The van der Waals surface area contributed by atoms with Crippen LogP contribution in [0.5, 0.6) is 0 Å². The second-order valence-corrected chi connectivity index (χ2v) is 4.74. The molecule has 0 fully saturated rings. The lowest BCUT2D eigenvalue weighted by atomic mass is 10.1. The number of benzene rings is 1. The van der Waals surface area contributed by atoms with Gasteiger partial charge in [0, 0.05) is 6.54 Å². The number of carbonyl (C=O) groups is 1. The zero-order valence-corrected chi connectivity index (χ0v) is 11.5. The van der Waals surface area contributed by atoms with Gasteiger partial charge in [-0.2, -0.15) is 0 Å². The maximum Gasteiger partial charge on any atom is 0.237 e. The van der Waals surface area contributed by atoms with Gasteiger partial charge in [0.1, 0.15) is 5.82 Å². The van der Waals surface area contributed by atoms with Crippen LogP contribution in [0.1, 0.15) is 31.4 Å². The summed E-state index contributed by atoms with van der Waals surface area (Å²) < 4.78 is 13.2. The van der Waals surface area contributed by atoms with Crippen molar-refractivity contribution < 1.29 is 14.3 Å². The van der Waals surface area contributed by atoms with Crippen LogP contribution in [0.25, 0.3) is 0 Å². The summed E-state index contributed by atoms with van der Waals surface area (Å²) in [5.41, 5.74) is 5.98. The topological polar surface area (TPSA) is 75.4 Å². The van der Waals surface area contributed by atoms with Crippen LogP contribution in [0.4, 0.5) is 4.39 Å². The van der Waals surface area contributed by atoms with Crippen molar-refractivity contribution in [1.82, 2.24) is 5.32 Å². The second kappa shape index (κ2) is 7.43. The van der Waals surface area contributed by atoms with Crippen molar-refractivity contribution in [2.45, 2.75) is 31.9 Å². The molecule has 1 rings (SSSR count). The molecule has 1 aromatic carbocycles. The van der Waals surface area contributed by atoms with E-state index in [1.807, 2.05) is 6.92 Å². The van der Waals surface area contributed by atoms with Gasteiger partial charge in [-0.1, -0.05) is 31.0 Å². The highest BCUT2D eigenvalue weighted by Gasteiger charge is 2.15. The van der Waals surface area contributed by atoms with Gasteiger partial charge in [0.2, 0.25) is 5.91 Å². The fraction of sp³-hybridized carbons (Fsp3) is 0.462. The van der Waals surface area contributed by atoms with Crippen LogP contribution in [0.2, 0.25) is 5.02 Å². The molecule has 0 spiro atoms. The normalized spacial score (nSPS) is 13.9. The van der Waals surface area contributed by atoms with Crippen molar-refractivity contribution in [1.29, 1.82) is 0 Å². The first-order chi connectivity index (χ1) is 8.95. The number of hydrogen-bond donors (Lipinski definition) is 3. The smallest absolute Gasteiger partial charge is 0.237 e. The monoisotopic (exact) mass is 288 g/mol. The van der Waals surface area contributed by atoms with Gasteiger partial charge in [0.05, 0.1) is 17.2 Å². The van der Waals surface area contributed by atoms with Crippen molar-refractivity contribution >= 4 is 17.5 Å². The third-order valence-electron chi connectivity index (χ3n) is 2.73. The lowest BCUT2D eigenvalue weighted by Gasteiger charge is -2.15. The minimum Gasteiger partial charge on any atom is -0.387 e. The second-order valence-electron chi connectivity index (χ2n) is 4.33. The zero-order chi connectivity index (χ0) is 14.4. The number of hydrogen-bond acceptors (Lipinski definition) is 3. The first kappa shape index (κ1) is 15.9. The number of rotatable bonds is 6. The Hall–Kier alpha value is -1.17. The number of amides is 1. The fourth-order valence-corrected chi connectivity index (χ4v) is 1.73. The number of nitrogens with one attached hydrogen (secondary N) is 1. The van der Waals surface area contributed by atoms with E-state index in [0.717, 1.165) is 12.5 Å². The van der Waals surface area contributed by atoms with Gasteiger partial charge in [-0.05, 0) is 24.1 Å². The Balaban J connectivity index is 2.53.